The fraction of sp³-hybridized carbons (Fsp3) is 0.269. The molecule has 6 heteroatoms. The minimum absolute atomic E-state index is 0.0621. The number of rotatable bonds is 7. The van der Waals surface area contributed by atoms with Crippen LogP contribution in [0.5, 0.6) is 0 Å². The summed E-state index contributed by atoms with van der Waals surface area (Å²) < 4.78 is 20.8. The molecule has 1 N–H and O–H groups in total. The summed E-state index contributed by atoms with van der Waals surface area (Å²) in [5.41, 5.74) is 2.89. The van der Waals surface area contributed by atoms with Crippen LogP contribution >= 0.6 is 11.8 Å². The SMILES string of the molecule is CCSc1ccc(CNC(=O)c2ccc(N3CCOCC3c3ccccc3)c(F)c2)cc1. The van der Waals surface area contributed by atoms with Crippen LogP contribution in [0.3, 0.4) is 0 Å². The van der Waals surface area contributed by atoms with Gasteiger partial charge in [0, 0.05) is 23.5 Å². The molecule has 0 radical (unpaired) electrons. The second kappa shape index (κ2) is 10.7. The van der Waals surface area contributed by atoms with Gasteiger partial charge in [0.25, 0.3) is 5.91 Å². The minimum Gasteiger partial charge on any atom is -0.377 e. The summed E-state index contributed by atoms with van der Waals surface area (Å²) in [6.45, 7) is 4.15. The molecule has 1 aliphatic rings. The van der Waals surface area contributed by atoms with Crippen molar-refractivity contribution in [1.82, 2.24) is 5.32 Å². The van der Waals surface area contributed by atoms with Gasteiger partial charge in [0.05, 0.1) is 24.9 Å². The zero-order valence-electron chi connectivity index (χ0n) is 18.1. The predicted octanol–water partition coefficient (Wildman–Crippen LogP) is 5.45. The molecular formula is C26H27FN2O2S. The lowest BCUT2D eigenvalue weighted by Gasteiger charge is -2.38. The molecule has 4 rings (SSSR count). The average molecular weight is 451 g/mol. The molecule has 32 heavy (non-hydrogen) atoms. The number of anilines is 1. The summed E-state index contributed by atoms with van der Waals surface area (Å²) in [6, 6.07) is 22.7. The molecule has 0 bridgehead atoms. The third-order valence-electron chi connectivity index (χ3n) is 5.52. The quantitative estimate of drug-likeness (QED) is 0.487. The molecule has 0 aromatic heterocycles. The van der Waals surface area contributed by atoms with Gasteiger partial charge in [-0.1, -0.05) is 49.4 Å². The number of amides is 1. The summed E-state index contributed by atoms with van der Waals surface area (Å²) in [4.78, 5) is 15.8. The normalized spacial score (nSPS) is 16.1. The van der Waals surface area contributed by atoms with Gasteiger partial charge < -0.3 is 15.0 Å². The highest BCUT2D eigenvalue weighted by atomic mass is 32.2. The molecular weight excluding hydrogens is 423 g/mol. The van der Waals surface area contributed by atoms with E-state index in [-0.39, 0.29) is 11.9 Å². The zero-order valence-corrected chi connectivity index (χ0v) is 18.9. The number of carbonyl (C=O) groups is 1. The lowest BCUT2D eigenvalue weighted by atomic mass is 10.0. The van der Waals surface area contributed by atoms with Crippen molar-refractivity contribution < 1.29 is 13.9 Å². The largest absolute Gasteiger partial charge is 0.377 e. The number of nitrogens with one attached hydrogen (secondary N) is 1. The van der Waals surface area contributed by atoms with E-state index in [0.717, 1.165) is 16.9 Å². The molecule has 0 saturated carbocycles. The van der Waals surface area contributed by atoms with E-state index in [1.807, 2.05) is 47.4 Å². The molecule has 1 saturated heterocycles. The fourth-order valence-corrected chi connectivity index (χ4v) is 4.54. The number of ether oxygens (including phenoxy) is 1. The highest BCUT2D eigenvalue weighted by molar-refractivity contribution is 7.99. The van der Waals surface area contributed by atoms with Gasteiger partial charge in [0.2, 0.25) is 0 Å². The van der Waals surface area contributed by atoms with Crippen LogP contribution in [-0.4, -0.2) is 31.4 Å². The third-order valence-corrected chi connectivity index (χ3v) is 6.41. The van der Waals surface area contributed by atoms with Crippen molar-refractivity contribution in [3.63, 3.8) is 0 Å². The second-order valence-electron chi connectivity index (χ2n) is 7.62. The molecule has 3 aromatic carbocycles. The molecule has 1 heterocycles. The highest BCUT2D eigenvalue weighted by Gasteiger charge is 2.27. The van der Waals surface area contributed by atoms with Crippen LogP contribution in [-0.2, 0) is 11.3 Å². The topological polar surface area (TPSA) is 41.6 Å². The van der Waals surface area contributed by atoms with Crippen LogP contribution in [0, 0.1) is 5.82 Å². The van der Waals surface area contributed by atoms with Gasteiger partial charge in [-0.2, -0.15) is 0 Å². The smallest absolute Gasteiger partial charge is 0.251 e. The Kier molecular flexibility index (Phi) is 7.45. The van der Waals surface area contributed by atoms with Crippen molar-refractivity contribution >= 4 is 23.4 Å². The zero-order chi connectivity index (χ0) is 22.3. The first-order valence-electron chi connectivity index (χ1n) is 10.8. The first-order valence-corrected chi connectivity index (χ1v) is 11.8. The highest BCUT2D eigenvalue weighted by Crippen LogP contribution is 2.32. The van der Waals surface area contributed by atoms with Gasteiger partial charge in [0.1, 0.15) is 5.82 Å². The van der Waals surface area contributed by atoms with E-state index in [0.29, 0.717) is 37.6 Å². The van der Waals surface area contributed by atoms with Gasteiger partial charge >= 0.3 is 0 Å². The Labute approximate surface area is 192 Å². The number of halogens is 1. The number of nitrogens with zero attached hydrogens (tertiary/aromatic N) is 1. The summed E-state index contributed by atoms with van der Waals surface area (Å²) >= 11 is 1.78. The molecule has 0 aliphatic carbocycles. The van der Waals surface area contributed by atoms with Gasteiger partial charge in [-0.25, -0.2) is 4.39 Å². The summed E-state index contributed by atoms with van der Waals surface area (Å²) in [6.07, 6.45) is 0. The van der Waals surface area contributed by atoms with Crippen molar-refractivity contribution in [2.24, 2.45) is 0 Å². The molecule has 3 aromatic rings. The molecule has 166 valence electrons. The average Bonchev–Trinajstić information content (AvgIpc) is 2.84. The Morgan fingerprint density at radius 2 is 1.91 bits per heavy atom. The molecule has 1 aliphatic heterocycles. The molecule has 1 unspecified atom stereocenters. The Morgan fingerprint density at radius 1 is 1.12 bits per heavy atom. The van der Waals surface area contributed by atoms with Crippen LogP contribution in [0.2, 0.25) is 0 Å². The van der Waals surface area contributed by atoms with E-state index < -0.39 is 5.82 Å². The van der Waals surface area contributed by atoms with E-state index in [9.17, 15) is 4.79 Å². The molecule has 1 fully saturated rings. The standard InChI is InChI=1S/C26H27FN2O2S/c1-2-32-22-11-8-19(9-12-22)17-28-26(30)21-10-13-24(23(27)16-21)29-14-15-31-18-25(29)20-6-4-3-5-7-20/h3-13,16,25H,2,14-15,17-18H2,1H3,(H,28,30). The Bertz CT molecular complexity index is 1040. The van der Waals surface area contributed by atoms with E-state index >= 15 is 4.39 Å². The summed E-state index contributed by atoms with van der Waals surface area (Å²) in [7, 11) is 0. The Balaban J connectivity index is 1.44. The number of morpholine rings is 1. The second-order valence-corrected chi connectivity index (χ2v) is 8.96. The maximum Gasteiger partial charge on any atom is 0.251 e. The number of hydrogen-bond acceptors (Lipinski definition) is 4. The minimum atomic E-state index is -0.401. The van der Waals surface area contributed by atoms with Crippen molar-refractivity contribution in [2.75, 3.05) is 30.4 Å². The summed E-state index contributed by atoms with van der Waals surface area (Å²) in [5, 5.41) is 2.88. The molecule has 0 spiro atoms. The maximum atomic E-state index is 15.1. The number of hydrogen-bond donors (Lipinski definition) is 1. The van der Waals surface area contributed by atoms with Crippen LogP contribution in [0.1, 0.15) is 34.5 Å². The van der Waals surface area contributed by atoms with Gasteiger partial charge in [-0.3, -0.25) is 4.79 Å². The monoisotopic (exact) mass is 450 g/mol. The number of benzene rings is 3. The van der Waals surface area contributed by atoms with Gasteiger partial charge in [0.15, 0.2) is 0 Å². The lowest BCUT2D eigenvalue weighted by molar-refractivity contribution is 0.0934. The number of carbonyl (C=O) groups excluding carboxylic acids is 1. The van der Waals surface area contributed by atoms with E-state index in [4.69, 9.17) is 4.74 Å². The third kappa shape index (κ3) is 5.31. The van der Waals surface area contributed by atoms with E-state index in [1.165, 1.54) is 11.0 Å². The van der Waals surface area contributed by atoms with E-state index in [2.05, 4.69) is 24.4 Å². The number of thioether (sulfide) groups is 1. The van der Waals surface area contributed by atoms with Crippen molar-refractivity contribution in [3.05, 3.63) is 95.3 Å². The van der Waals surface area contributed by atoms with Gasteiger partial charge in [-0.15, -0.1) is 11.8 Å². The predicted molar refractivity (Wildman–Crippen MR) is 128 cm³/mol. The maximum absolute atomic E-state index is 15.1. The fourth-order valence-electron chi connectivity index (χ4n) is 3.88. The van der Waals surface area contributed by atoms with E-state index in [1.54, 1.807) is 23.9 Å². The Hall–Kier alpha value is -2.83. The molecule has 4 nitrogen and oxygen atoms in total. The van der Waals surface area contributed by atoms with Crippen LogP contribution in [0.15, 0.2) is 77.7 Å². The van der Waals surface area contributed by atoms with Gasteiger partial charge in [-0.05, 0) is 47.2 Å². The lowest BCUT2D eigenvalue weighted by Crippen LogP contribution is -2.40. The first kappa shape index (κ1) is 22.4. The van der Waals surface area contributed by atoms with Crippen molar-refractivity contribution in [2.45, 2.75) is 24.4 Å². The molecule has 1 amide bonds. The molecule has 1 atom stereocenters. The van der Waals surface area contributed by atoms with Crippen LogP contribution in [0.25, 0.3) is 0 Å². The van der Waals surface area contributed by atoms with Crippen molar-refractivity contribution in [3.8, 4) is 0 Å². The first-order chi connectivity index (χ1) is 15.7. The van der Waals surface area contributed by atoms with Crippen LogP contribution < -0.4 is 10.2 Å². The van der Waals surface area contributed by atoms with Crippen LogP contribution in [0.4, 0.5) is 10.1 Å². The van der Waals surface area contributed by atoms with Crippen molar-refractivity contribution in [1.29, 1.82) is 0 Å². The Morgan fingerprint density at radius 3 is 2.62 bits per heavy atom. The summed E-state index contributed by atoms with van der Waals surface area (Å²) in [5.74, 6) is 0.333.